The Labute approximate surface area is 104 Å². The molecular formula is C12H25NO2S. The van der Waals surface area contributed by atoms with Crippen molar-refractivity contribution in [2.75, 3.05) is 24.7 Å². The van der Waals surface area contributed by atoms with Gasteiger partial charge < -0.3 is 10.1 Å². The van der Waals surface area contributed by atoms with E-state index in [0.29, 0.717) is 18.4 Å². The molecular weight excluding hydrogens is 222 g/mol. The average Bonchev–Trinajstić information content (AvgIpc) is 2.26. The van der Waals surface area contributed by atoms with E-state index in [1.807, 2.05) is 6.92 Å². The summed E-state index contributed by atoms with van der Waals surface area (Å²) in [6.45, 7) is 7.74. The Kier molecular flexibility index (Phi) is 11.1. The van der Waals surface area contributed by atoms with Crippen LogP contribution in [0.4, 0.5) is 0 Å². The van der Waals surface area contributed by atoms with Gasteiger partial charge in [0.2, 0.25) is 0 Å². The molecule has 0 saturated heterocycles. The highest BCUT2D eigenvalue weighted by Crippen LogP contribution is 2.08. The lowest BCUT2D eigenvalue weighted by molar-refractivity contribution is -0.139. The summed E-state index contributed by atoms with van der Waals surface area (Å²) in [4.78, 5) is 11.1. The molecule has 4 heteroatoms. The molecule has 0 fully saturated rings. The van der Waals surface area contributed by atoms with Crippen LogP contribution in [0.15, 0.2) is 0 Å². The quantitative estimate of drug-likeness (QED) is 0.602. The number of carbonyl (C=O) groups is 1. The van der Waals surface area contributed by atoms with Crippen molar-refractivity contribution in [3.05, 3.63) is 0 Å². The Morgan fingerprint density at radius 2 is 2.06 bits per heavy atom. The minimum Gasteiger partial charge on any atom is -0.465 e. The van der Waals surface area contributed by atoms with E-state index in [1.54, 1.807) is 11.8 Å². The van der Waals surface area contributed by atoms with Crippen LogP contribution in [0.5, 0.6) is 0 Å². The Balaban J connectivity index is 3.61. The Morgan fingerprint density at radius 3 is 2.62 bits per heavy atom. The van der Waals surface area contributed by atoms with Crippen molar-refractivity contribution in [1.29, 1.82) is 0 Å². The lowest BCUT2D eigenvalue weighted by atomic mass is 10.2. The fourth-order valence-electron chi connectivity index (χ4n) is 1.43. The molecule has 0 saturated carbocycles. The van der Waals surface area contributed by atoms with Crippen molar-refractivity contribution in [2.45, 2.75) is 46.1 Å². The number of rotatable bonds is 10. The zero-order valence-corrected chi connectivity index (χ0v) is 11.6. The summed E-state index contributed by atoms with van der Waals surface area (Å²) < 4.78 is 4.88. The van der Waals surface area contributed by atoms with Crippen LogP contribution in [0.2, 0.25) is 0 Å². The maximum absolute atomic E-state index is 11.1. The Hall–Kier alpha value is -0.220. The average molecular weight is 247 g/mol. The molecule has 0 aliphatic rings. The largest absolute Gasteiger partial charge is 0.465 e. The third kappa shape index (κ3) is 9.04. The van der Waals surface area contributed by atoms with Crippen LogP contribution in [0.3, 0.4) is 0 Å². The van der Waals surface area contributed by atoms with E-state index in [-0.39, 0.29) is 5.97 Å². The standard InChI is InChI=1S/C12H25NO2S/c1-4-7-11(13-8-5-2)9-16-10-12(14)15-6-3/h11,13H,4-10H2,1-3H3. The lowest BCUT2D eigenvalue weighted by Crippen LogP contribution is -2.32. The van der Waals surface area contributed by atoms with Crippen LogP contribution in [0.25, 0.3) is 0 Å². The molecule has 1 N–H and O–H groups in total. The maximum atomic E-state index is 11.1. The van der Waals surface area contributed by atoms with Gasteiger partial charge in [0.25, 0.3) is 0 Å². The molecule has 0 aromatic carbocycles. The number of hydrogen-bond acceptors (Lipinski definition) is 4. The summed E-state index contributed by atoms with van der Waals surface area (Å²) in [5, 5.41) is 3.50. The first-order valence-corrected chi connectivity index (χ1v) is 7.36. The molecule has 0 aliphatic heterocycles. The second-order valence-electron chi connectivity index (χ2n) is 3.76. The third-order valence-corrected chi connectivity index (χ3v) is 3.24. The summed E-state index contributed by atoms with van der Waals surface area (Å²) in [5.41, 5.74) is 0. The first kappa shape index (κ1) is 15.8. The summed E-state index contributed by atoms with van der Waals surface area (Å²) in [5.74, 6) is 1.37. The zero-order valence-electron chi connectivity index (χ0n) is 10.8. The van der Waals surface area contributed by atoms with Gasteiger partial charge >= 0.3 is 5.97 Å². The van der Waals surface area contributed by atoms with Gasteiger partial charge in [-0.2, -0.15) is 0 Å². The van der Waals surface area contributed by atoms with Crippen LogP contribution in [-0.4, -0.2) is 36.7 Å². The maximum Gasteiger partial charge on any atom is 0.315 e. The molecule has 16 heavy (non-hydrogen) atoms. The lowest BCUT2D eigenvalue weighted by Gasteiger charge is -2.16. The molecule has 0 amide bonds. The van der Waals surface area contributed by atoms with Crippen LogP contribution < -0.4 is 5.32 Å². The smallest absolute Gasteiger partial charge is 0.315 e. The highest BCUT2D eigenvalue weighted by molar-refractivity contribution is 7.99. The fourth-order valence-corrected chi connectivity index (χ4v) is 2.37. The van der Waals surface area contributed by atoms with Crippen molar-refractivity contribution in [3.8, 4) is 0 Å². The summed E-state index contributed by atoms with van der Waals surface area (Å²) in [7, 11) is 0. The van der Waals surface area contributed by atoms with Crippen molar-refractivity contribution in [1.82, 2.24) is 5.32 Å². The Bertz CT molecular complexity index is 176. The normalized spacial score (nSPS) is 12.4. The van der Waals surface area contributed by atoms with Crippen LogP contribution >= 0.6 is 11.8 Å². The second-order valence-corrected chi connectivity index (χ2v) is 4.79. The van der Waals surface area contributed by atoms with E-state index in [4.69, 9.17) is 4.74 Å². The summed E-state index contributed by atoms with van der Waals surface area (Å²) >= 11 is 1.66. The van der Waals surface area contributed by atoms with Crippen molar-refractivity contribution >= 4 is 17.7 Å². The van der Waals surface area contributed by atoms with Gasteiger partial charge in [-0.1, -0.05) is 20.3 Å². The SMILES string of the molecule is CCCNC(CCC)CSCC(=O)OCC. The highest BCUT2D eigenvalue weighted by atomic mass is 32.2. The van der Waals surface area contributed by atoms with Gasteiger partial charge in [-0.15, -0.1) is 11.8 Å². The van der Waals surface area contributed by atoms with Gasteiger partial charge in [0.15, 0.2) is 0 Å². The number of hydrogen-bond donors (Lipinski definition) is 1. The first-order valence-electron chi connectivity index (χ1n) is 6.21. The minimum atomic E-state index is -0.0989. The fraction of sp³-hybridized carbons (Fsp3) is 0.917. The van der Waals surface area contributed by atoms with Crippen molar-refractivity contribution in [2.24, 2.45) is 0 Å². The predicted molar refractivity (Wildman–Crippen MR) is 70.9 cm³/mol. The van der Waals surface area contributed by atoms with E-state index in [9.17, 15) is 4.79 Å². The van der Waals surface area contributed by atoms with E-state index < -0.39 is 0 Å². The first-order chi connectivity index (χ1) is 7.74. The summed E-state index contributed by atoms with van der Waals surface area (Å²) in [6, 6.07) is 0.532. The van der Waals surface area contributed by atoms with Crippen molar-refractivity contribution in [3.63, 3.8) is 0 Å². The van der Waals surface area contributed by atoms with Gasteiger partial charge in [-0.25, -0.2) is 0 Å². The molecule has 0 rings (SSSR count). The van der Waals surface area contributed by atoms with Gasteiger partial charge in [0.1, 0.15) is 0 Å². The van der Waals surface area contributed by atoms with Crippen LogP contribution in [0, 0.1) is 0 Å². The molecule has 1 atom stereocenters. The molecule has 0 aromatic heterocycles. The number of carbonyl (C=O) groups excluding carboxylic acids is 1. The second kappa shape index (κ2) is 11.3. The molecule has 96 valence electrons. The summed E-state index contributed by atoms with van der Waals surface area (Å²) in [6.07, 6.45) is 3.51. The number of nitrogens with one attached hydrogen (secondary N) is 1. The Morgan fingerprint density at radius 1 is 1.31 bits per heavy atom. The molecule has 0 radical (unpaired) electrons. The van der Waals surface area contributed by atoms with E-state index >= 15 is 0 Å². The number of thioether (sulfide) groups is 1. The third-order valence-electron chi connectivity index (χ3n) is 2.16. The van der Waals surface area contributed by atoms with Crippen molar-refractivity contribution < 1.29 is 9.53 Å². The van der Waals surface area contributed by atoms with E-state index in [0.717, 1.165) is 18.7 Å². The predicted octanol–water partition coefficient (Wildman–Crippen LogP) is 2.45. The zero-order chi connectivity index (χ0) is 12.2. The molecule has 0 spiro atoms. The highest BCUT2D eigenvalue weighted by Gasteiger charge is 2.08. The molecule has 0 aromatic rings. The number of ether oxygens (including phenoxy) is 1. The number of esters is 1. The monoisotopic (exact) mass is 247 g/mol. The van der Waals surface area contributed by atoms with Crippen LogP contribution in [-0.2, 0) is 9.53 Å². The van der Waals surface area contributed by atoms with Gasteiger partial charge in [-0.3, -0.25) is 4.79 Å². The van der Waals surface area contributed by atoms with E-state index in [1.165, 1.54) is 12.8 Å². The molecule has 0 bridgehead atoms. The molecule has 1 unspecified atom stereocenters. The minimum absolute atomic E-state index is 0.0989. The van der Waals surface area contributed by atoms with Gasteiger partial charge in [0, 0.05) is 11.8 Å². The van der Waals surface area contributed by atoms with Gasteiger partial charge in [0.05, 0.1) is 12.4 Å². The van der Waals surface area contributed by atoms with E-state index in [2.05, 4.69) is 19.2 Å². The van der Waals surface area contributed by atoms with Gasteiger partial charge in [-0.05, 0) is 26.3 Å². The molecule has 0 heterocycles. The topological polar surface area (TPSA) is 38.3 Å². The molecule has 3 nitrogen and oxygen atoms in total. The molecule has 0 aliphatic carbocycles. The van der Waals surface area contributed by atoms with Crippen LogP contribution in [0.1, 0.15) is 40.0 Å².